The third kappa shape index (κ3) is 13.3. The molecule has 290 valence electrons. The molecule has 4 N–H and O–H groups in total. The summed E-state index contributed by atoms with van der Waals surface area (Å²) in [6.45, 7) is 10.8. The van der Waals surface area contributed by atoms with E-state index in [1.807, 2.05) is 0 Å². The molecule has 0 fully saturated rings. The highest BCUT2D eigenvalue weighted by Gasteiger charge is 2.31. The highest BCUT2D eigenvalue weighted by molar-refractivity contribution is 5.78. The Balaban J connectivity index is 0.000000362. The molecule has 4 heterocycles. The summed E-state index contributed by atoms with van der Waals surface area (Å²) in [6.07, 6.45) is 1.40. The zero-order chi connectivity index (χ0) is 41.6. The van der Waals surface area contributed by atoms with Gasteiger partial charge in [0.1, 0.15) is 17.3 Å². The first-order valence-corrected chi connectivity index (χ1v) is 15.6. The van der Waals surface area contributed by atoms with E-state index < -0.39 is 43.5 Å². The molecule has 0 amide bonds. The maximum absolute atomic E-state index is 11.5. The molecule has 0 spiro atoms. The second-order valence-corrected chi connectivity index (χ2v) is 11.7. The molecule has 1 aliphatic heterocycles. The van der Waals surface area contributed by atoms with E-state index in [0.29, 0.717) is 17.1 Å². The number of nitrogens with zero attached hydrogens (tertiary/aromatic N) is 6. The number of aliphatic hydroxyl groups is 1. The number of nitrogens with two attached hydrogens (primary N) is 1. The third-order valence-electron chi connectivity index (χ3n) is 7.10. The lowest BCUT2D eigenvalue weighted by atomic mass is 10.2. The van der Waals surface area contributed by atoms with Crippen LogP contribution in [0.25, 0.3) is 0 Å². The van der Waals surface area contributed by atoms with Crippen LogP contribution in [0.2, 0.25) is 0 Å². The molecule has 0 radical (unpaired) electrons. The molecule has 1 atom stereocenters. The van der Waals surface area contributed by atoms with Crippen LogP contribution < -0.4 is 22.4 Å². The van der Waals surface area contributed by atoms with Crippen molar-refractivity contribution in [3.8, 4) is 0 Å². The van der Waals surface area contributed by atoms with Crippen LogP contribution in [-0.4, -0.2) is 69.0 Å². The van der Waals surface area contributed by atoms with E-state index in [1.165, 1.54) is 60.6 Å². The Labute approximate surface area is 306 Å². The van der Waals surface area contributed by atoms with Crippen molar-refractivity contribution in [2.45, 2.75) is 67.8 Å². The van der Waals surface area contributed by atoms with Crippen molar-refractivity contribution >= 4 is 34.4 Å². The molecule has 0 saturated carbocycles. The molecule has 54 heavy (non-hydrogen) atoms. The van der Waals surface area contributed by atoms with Crippen molar-refractivity contribution in [3.05, 3.63) is 138 Å². The zero-order valence-electron chi connectivity index (χ0n) is 30.4. The zero-order valence-corrected chi connectivity index (χ0v) is 30.4. The van der Waals surface area contributed by atoms with Gasteiger partial charge in [0.2, 0.25) is 6.23 Å². The number of aliphatic hydroxyl groups excluding tert-OH is 1. The first kappa shape index (κ1) is 45.1. The topological polar surface area (TPSA) is 307 Å². The number of aromatic nitrogens is 3. The lowest BCUT2D eigenvalue weighted by Gasteiger charge is -2.29. The summed E-state index contributed by atoms with van der Waals surface area (Å²) in [4.78, 5) is 99.0. The van der Waals surface area contributed by atoms with Gasteiger partial charge in [0.15, 0.2) is 0 Å². The van der Waals surface area contributed by atoms with Gasteiger partial charge >= 0.3 is 22.5 Å². The third-order valence-corrected chi connectivity index (χ3v) is 7.10. The second kappa shape index (κ2) is 20.2. The number of nitrogens with one attached hydrogen (secondary N) is 1. The van der Waals surface area contributed by atoms with Crippen LogP contribution in [0.4, 0.5) is 17.1 Å². The molecular formula is C33H40N8O13. The number of carbonyl (C=O) groups is 3. The number of ketones is 3. The quantitative estimate of drug-likeness (QED) is 0.207. The Bertz CT molecular complexity index is 2180. The second-order valence-electron chi connectivity index (χ2n) is 11.7. The van der Waals surface area contributed by atoms with Crippen molar-refractivity contribution in [3.63, 3.8) is 0 Å². The largest absolute Gasteiger partial charge is 0.394 e. The molecule has 21 nitrogen and oxygen atoms in total. The number of hydrogen-bond acceptors (Lipinski definition) is 15. The number of allylic oxidation sites excluding steroid dienone is 3. The minimum Gasteiger partial charge on any atom is -0.394 e. The summed E-state index contributed by atoms with van der Waals surface area (Å²) >= 11 is 0. The number of anilines is 1. The summed E-state index contributed by atoms with van der Waals surface area (Å²) in [5.74, 6) is -0.442. The fourth-order valence-electron chi connectivity index (χ4n) is 4.38. The Morgan fingerprint density at radius 2 is 1.17 bits per heavy atom. The summed E-state index contributed by atoms with van der Waals surface area (Å²) in [5, 5.41) is 40.8. The van der Waals surface area contributed by atoms with Crippen LogP contribution in [0, 0.1) is 51.1 Å². The summed E-state index contributed by atoms with van der Waals surface area (Å²) < 4.78 is 2.47. The van der Waals surface area contributed by atoms with E-state index in [2.05, 4.69) is 4.98 Å². The summed E-state index contributed by atoms with van der Waals surface area (Å²) in [5.41, 5.74) is 5.16. The van der Waals surface area contributed by atoms with Gasteiger partial charge in [0.25, 0.3) is 11.3 Å². The minimum absolute atomic E-state index is 0.0331. The Morgan fingerprint density at radius 1 is 0.704 bits per heavy atom. The molecule has 0 saturated heterocycles. The van der Waals surface area contributed by atoms with Crippen molar-refractivity contribution in [1.82, 2.24) is 19.0 Å². The highest BCUT2D eigenvalue weighted by Crippen LogP contribution is 2.20. The van der Waals surface area contributed by atoms with E-state index in [4.69, 9.17) is 5.73 Å². The number of pyridine rings is 3. The Morgan fingerprint density at radius 3 is 1.61 bits per heavy atom. The van der Waals surface area contributed by atoms with Gasteiger partial charge in [-0.2, -0.15) is 0 Å². The highest BCUT2D eigenvalue weighted by atomic mass is 16.6. The maximum atomic E-state index is 11.5. The lowest BCUT2D eigenvalue weighted by molar-refractivity contribution is -0.441. The predicted octanol–water partition coefficient (Wildman–Crippen LogP) is 1.85. The van der Waals surface area contributed by atoms with Gasteiger partial charge in [-0.25, -0.2) is 0 Å². The molecular weight excluding hydrogens is 716 g/mol. The molecule has 4 rings (SSSR count). The average molecular weight is 757 g/mol. The number of aryl methyl sites for hydroxylation is 3. The van der Waals surface area contributed by atoms with Crippen LogP contribution in [0.1, 0.15) is 44.8 Å². The number of aromatic amines is 1. The fraction of sp³-hybridized carbons (Fsp3) is 0.333. The van der Waals surface area contributed by atoms with Gasteiger partial charge in [0, 0.05) is 41.0 Å². The number of rotatable bonds is 9. The van der Waals surface area contributed by atoms with Crippen LogP contribution in [0.3, 0.4) is 0 Å². The van der Waals surface area contributed by atoms with Gasteiger partial charge in [-0.3, -0.25) is 63.7 Å². The van der Waals surface area contributed by atoms with E-state index in [-0.39, 0.29) is 53.9 Å². The van der Waals surface area contributed by atoms with Crippen molar-refractivity contribution in [2.75, 3.05) is 12.3 Å². The molecule has 0 aromatic carbocycles. The minimum atomic E-state index is -1.35. The number of Topliss-reactive ketones (excluding diaryl/α,β-unsaturated/α-hetero) is 3. The lowest BCUT2D eigenvalue weighted by Crippen LogP contribution is -2.41. The molecule has 1 aliphatic rings. The van der Waals surface area contributed by atoms with Crippen LogP contribution >= 0.6 is 0 Å². The molecule has 3 aromatic heterocycles. The van der Waals surface area contributed by atoms with E-state index in [1.54, 1.807) is 39.8 Å². The van der Waals surface area contributed by atoms with Gasteiger partial charge in [-0.1, -0.05) is 0 Å². The van der Waals surface area contributed by atoms with Gasteiger partial charge in [-0.15, -0.1) is 0 Å². The van der Waals surface area contributed by atoms with Gasteiger partial charge in [-0.05, 0) is 78.8 Å². The summed E-state index contributed by atoms with van der Waals surface area (Å²) in [6, 6.07) is 8.54. The van der Waals surface area contributed by atoms with E-state index in [9.17, 15) is 64.2 Å². The molecule has 0 aliphatic carbocycles. The van der Waals surface area contributed by atoms with E-state index >= 15 is 0 Å². The first-order valence-electron chi connectivity index (χ1n) is 15.6. The smallest absolute Gasteiger partial charge is 0.334 e. The fourth-order valence-corrected chi connectivity index (χ4v) is 4.38. The van der Waals surface area contributed by atoms with E-state index in [0.717, 1.165) is 16.3 Å². The molecule has 0 bridgehead atoms. The number of H-pyrrole nitrogens is 1. The van der Waals surface area contributed by atoms with Gasteiger partial charge in [0.05, 0.1) is 40.1 Å². The number of nitro groups is 3. The van der Waals surface area contributed by atoms with Crippen LogP contribution in [0.5, 0.6) is 0 Å². The van der Waals surface area contributed by atoms with Crippen molar-refractivity contribution < 1.29 is 34.3 Å². The predicted molar refractivity (Wildman–Crippen MR) is 194 cm³/mol. The Kier molecular flexibility index (Phi) is 16.9. The SMILES string of the molecule is CC(=O)CN1C(C)=CC=C([N+](=O)[O-])C1O.CC(=O)Cn1c(C)ccc(N)c1=O.CC(=O)Cn1c(C)ccc([N+](=O)[O-])c1=O.Cc1ccc([N+](=O)[O-])c(=O)[nH]1. The number of carbonyl (C=O) groups excluding carboxylic acids is 3. The summed E-state index contributed by atoms with van der Waals surface area (Å²) in [7, 11) is 0. The number of nitrogen functional groups attached to an aromatic ring is 1. The van der Waals surface area contributed by atoms with Crippen molar-refractivity contribution in [1.29, 1.82) is 0 Å². The maximum Gasteiger partial charge on any atom is 0.334 e. The molecule has 21 heteroatoms. The first-order chi connectivity index (χ1) is 25.0. The normalized spacial score (nSPS) is 12.9. The average Bonchev–Trinajstić information content (AvgIpc) is 3.05. The number of hydrogen-bond donors (Lipinski definition) is 3. The van der Waals surface area contributed by atoms with Crippen LogP contribution in [-0.2, 0) is 27.5 Å². The van der Waals surface area contributed by atoms with Gasteiger partial charge < -0.3 is 25.3 Å². The molecule has 3 aromatic rings. The standard InChI is InChI=1S/C9H12N2O4.C9H10N2O4.C9H12N2O2.C6H6N2O3/c2*1-6-3-4-8(11(14)15)9(13)10(6)5-7(2)12;1-6-3-4-8(10)9(13)11(6)5-7(2)12;1-4-2-3-5(8(10)11)6(9)7-4/h3-4,9,13H,5H2,1-2H3;3-4H,5H2,1-2H3;3-4H,5,10H2,1-2H3;2-3H,1H3,(H,7,9). The monoisotopic (exact) mass is 756 g/mol. The molecule has 1 unspecified atom stereocenters. The van der Waals surface area contributed by atoms with Crippen LogP contribution in [0.15, 0.2) is 74.3 Å². The Hall–Kier alpha value is -6.90. The van der Waals surface area contributed by atoms with Crippen molar-refractivity contribution in [2.24, 2.45) is 0 Å².